The topological polar surface area (TPSA) is 79.5 Å². The van der Waals surface area contributed by atoms with Crippen molar-refractivity contribution in [2.45, 2.75) is 20.3 Å². The summed E-state index contributed by atoms with van der Waals surface area (Å²) in [5.74, 6) is 0.675. The van der Waals surface area contributed by atoms with Crippen LogP contribution in [0.2, 0.25) is 0 Å². The zero-order chi connectivity index (χ0) is 13.7. The number of hydrogen-bond acceptors (Lipinski definition) is 5. The van der Waals surface area contributed by atoms with Crippen LogP contribution in [-0.4, -0.2) is 34.7 Å². The second kappa shape index (κ2) is 6.65. The van der Waals surface area contributed by atoms with E-state index < -0.39 is 4.92 Å². The summed E-state index contributed by atoms with van der Waals surface area (Å²) in [7, 11) is 0. The van der Waals surface area contributed by atoms with Gasteiger partial charge in [-0.2, -0.15) is 0 Å². The summed E-state index contributed by atoms with van der Waals surface area (Å²) < 4.78 is 0.636. The van der Waals surface area contributed by atoms with E-state index in [0.29, 0.717) is 28.8 Å². The van der Waals surface area contributed by atoms with E-state index in [0.717, 1.165) is 6.54 Å². The molecule has 0 aliphatic carbocycles. The lowest BCUT2D eigenvalue weighted by Gasteiger charge is -2.23. The molecule has 0 fully saturated rings. The first-order valence-electron chi connectivity index (χ1n) is 5.68. The number of halogens is 1. The first-order chi connectivity index (χ1) is 8.52. The summed E-state index contributed by atoms with van der Waals surface area (Å²) in [6, 6.07) is 0. The van der Waals surface area contributed by atoms with Crippen molar-refractivity contribution in [3.05, 3.63) is 26.3 Å². The number of hydrogen-bond donors (Lipinski definition) is 1. The van der Waals surface area contributed by atoms with Gasteiger partial charge < -0.3 is 10.0 Å². The highest BCUT2D eigenvalue weighted by atomic mass is 79.9. The van der Waals surface area contributed by atoms with Gasteiger partial charge in [-0.05, 0) is 36.2 Å². The van der Waals surface area contributed by atoms with Crippen LogP contribution in [0.3, 0.4) is 0 Å². The number of nitro groups is 1. The van der Waals surface area contributed by atoms with Gasteiger partial charge in [-0.15, -0.1) is 0 Å². The van der Waals surface area contributed by atoms with E-state index >= 15 is 0 Å². The van der Waals surface area contributed by atoms with Crippen molar-refractivity contribution in [3.63, 3.8) is 0 Å². The summed E-state index contributed by atoms with van der Waals surface area (Å²) in [5.41, 5.74) is 0.566. The number of aliphatic hydroxyl groups is 1. The molecule has 1 rings (SSSR count). The van der Waals surface area contributed by atoms with Crippen LogP contribution in [0.4, 0.5) is 11.5 Å². The van der Waals surface area contributed by atoms with Crippen molar-refractivity contribution >= 4 is 27.4 Å². The lowest BCUT2D eigenvalue weighted by atomic mass is 10.2. The molecule has 0 radical (unpaired) electrons. The van der Waals surface area contributed by atoms with Gasteiger partial charge in [0.1, 0.15) is 12.0 Å². The second-order valence-corrected chi connectivity index (χ2v) is 4.61. The van der Waals surface area contributed by atoms with Crippen LogP contribution in [0, 0.1) is 17.0 Å². The third-order valence-electron chi connectivity index (χ3n) is 2.68. The van der Waals surface area contributed by atoms with Crippen LogP contribution in [0.25, 0.3) is 0 Å². The maximum Gasteiger partial charge on any atom is 0.291 e. The van der Waals surface area contributed by atoms with E-state index in [4.69, 9.17) is 5.11 Å². The van der Waals surface area contributed by atoms with Gasteiger partial charge in [-0.25, -0.2) is 4.98 Å². The molecule has 0 aliphatic heterocycles. The number of pyridine rings is 1. The minimum Gasteiger partial charge on any atom is -0.396 e. The number of anilines is 1. The molecule has 0 aliphatic rings. The molecule has 6 nitrogen and oxygen atoms in total. The Labute approximate surface area is 114 Å². The van der Waals surface area contributed by atoms with Crippen LogP contribution in [0.1, 0.15) is 18.9 Å². The van der Waals surface area contributed by atoms with Crippen molar-refractivity contribution < 1.29 is 10.0 Å². The van der Waals surface area contributed by atoms with Crippen LogP contribution < -0.4 is 4.90 Å². The Kier molecular flexibility index (Phi) is 5.49. The van der Waals surface area contributed by atoms with Crippen LogP contribution >= 0.6 is 15.9 Å². The van der Waals surface area contributed by atoms with E-state index in [-0.39, 0.29) is 12.3 Å². The van der Waals surface area contributed by atoms with E-state index in [1.54, 1.807) is 6.92 Å². The van der Waals surface area contributed by atoms with Crippen LogP contribution in [0.15, 0.2) is 10.7 Å². The minimum absolute atomic E-state index is 0.00355. The molecule has 18 heavy (non-hydrogen) atoms. The molecule has 1 aromatic heterocycles. The van der Waals surface area contributed by atoms with E-state index in [1.807, 2.05) is 11.8 Å². The summed E-state index contributed by atoms with van der Waals surface area (Å²) >= 11 is 3.36. The number of aliphatic hydroxyl groups excluding tert-OH is 1. The fraction of sp³-hybridized carbons (Fsp3) is 0.545. The Hall–Kier alpha value is -1.21. The molecule has 0 saturated heterocycles. The maximum absolute atomic E-state index is 10.8. The molecule has 0 aromatic carbocycles. The fourth-order valence-corrected chi connectivity index (χ4v) is 2.19. The summed E-state index contributed by atoms with van der Waals surface area (Å²) in [6.45, 7) is 5.16. The van der Waals surface area contributed by atoms with E-state index in [1.165, 1.54) is 6.20 Å². The van der Waals surface area contributed by atoms with Crippen LogP contribution in [0.5, 0.6) is 0 Å². The van der Waals surface area contributed by atoms with Gasteiger partial charge in [-0.3, -0.25) is 10.1 Å². The quantitative estimate of drug-likeness (QED) is 0.643. The number of aromatic nitrogens is 1. The predicted molar refractivity (Wildman–Crippen MR) is 72.9 cm³/mol. The highest BCUT2D eigenvalue weighted by Gasteiger charge is 2.19. The van der Waals surface area contributed by atoms with Gasteiger partial charge in [0.2, 0.25) is 0 Å². The zero-order valence-corrected chi connectivity index (χ0v) is 12.0. The molecule has 0 spiro atoms. The van der Waals surface area contributed by atoms with E-state index in [9.17, 15) is 10.1 Å². The Balaban J connectivity index is 3.09. The Morgan fingerprint density at radius 1 is 1.61 bits per heavy atom. The van der Waals surface area contributed by atoms with Crippen LogP contribution in [-0.2, 0) is 0 Å². The Morgan fingerprint density at radius 3 is 2.78 bits per heavy atom. The lowest BCUT2D eigenvalue weighted by Crippen LogP contribution is -2.26. The highest BCUT2D eigenvalue weighted by Crippen LogP contribution is 2.32. The smallest absolute Gasteiger partial charge is 0.291 e. The molecule has 0 atom stereocenters. The maximum atomic E-state index is 10.8. The SMILES string of the molecule is CCN(CCCO)c1ncc([N+](=O)[O-])c(C)c1Br. The molecule has 1 aromatic rings. The molecule has 1 heterocycles. The normalized spacial score (nSPS) is 10.4. The first-order valence-corrected chi connectivity index (χ1v) is 6.47. The van der Waals surface area contributed by atoms with Crippen molar-refractivity contribution in [1.29, 1.82) is 0 Å². The summed E-state index contributed by atoms with van der Waals surface area (Å²) in [5, 5.41) is 19.6. The highest BCUT2D eigenvalue weighted by molar-refractivity contribution is 9.10. The third-order valence-corrected chi connectivity index (χ3v) is 3.63. The van der Waals surface area contributed by atoms with Gasteiger partial charge >= 0.3 is 0 Å². The largest absolute Gasteiger partial charge is 0.396 e. The average molecular weight is 318 g/mol. The molecule has 0 unspecified atom stereocenters. The fourth-order valence-electron chi connectivity index (χ4n) is 1.64. The molecule has 0 bridgehead atoms. The number of nitrogens with zero attached hydrogens (tertiary/aromatic N) is 3. The monoisotopic (exact) mass is 317 g/mol. The van der Waals surface area contributed by atoms with Crippen molar-refractivity contribution in [2.75, 3.05) is 24.6 Å². The van der Waals surface area contributed by atoms with Gasteiger partial charge in [0.05, 0.1) is 9.40 Å². The standard InChI is InChI=1S/C11H16BrN3O3/c1-3-14(5-4-6-16)11-10(12)8(2)9(7-13-11)15(17)18/h7,16H,3-6H2,1-2H3. The minimum atomic E-state index is -0.444. The van der Waals surface area contributed by atoms with Crippen molar-refractivity contribution in [3.8, 4) is 0 Å². The molecular weight excluding hydrogens is 302 g/mol. The molecule has 100 valence electrons. The zero-order valence-electron chi connectivity index (χ0n) is 10.4. The molecule has 0 saturated carbocycles. The Morgan fingerprint density at radius 2 is 2.28 bits per heavy atom. The molecule has 7 heteroatoms. The lowest BCUT2D eigenvalue weighted by molar-refractivity contribution is -0.385. The summed E-state index contributed by atoms with van der Waals surface area (Å²) in [4.78, 5) is 16.5. The van der Waals surface area contributed by atoms with Gasteiger partial charge in [0.25, 0.3) is 5.69 Å². The van der Waals surface area contributed by atoms with Gasteiger partial charge in [-0.1, -0.05) is 0 Å². The molecular formula is C11H16BrN3O3. The number of rotatable bonds is 6. The Bertz CT molecular complexity index is 440. The molecule has 1 N–H and O–H groups in total. The average Bonchev–Trinajstić information content (AvgIpc) is 2.34. The van der Waals surface area contributed by atoms with Gasteiger partial charge in [0.15, 0.2) is 0 Å². The molecule has 0 amide bonds. The van der Waals surface area contributed by atoms with Crippen molar-refractivity contribution in [2.24, 2.45) is 0 Å². The summed E-state index contributed by atoms with van der Waals surface area (Å²) in [6.07, 6.45) is 1.91. The van der Waals surface area contributed by atoms with Crippen molar-refractivity contribution in [1.82, 2.24) is 4.98 Å². The van der Waals surface area contributed by atoms with Gasteiger partial charge in [0, 0.05) is 25.3 Å². The first kappa shape index (κ1) is 14.8. The van der Waals surface area contributed by atoms with E-state index in [2.05, 4.69) is 20.9 Å². The third kappa shape index (κ3) is 3.17. The second-order valence-electron chi connectivity index (χ2n) is 3.82. The predicted octanol–water partition coefficient (Wildman–Crippen LogP) is 2.27.